The van der Waals surface area contributed by atoms with Crippen molar-refractivity contribution in [2.75, 3.05) is 34.4 Å². The summed E-state index contributed by atoms with van der Waals surface area (Å²) in [5.74, 6) is 0.341. The maximum absolute atomic E-state index is 12.0. The molecule has 18 heavy (non-hydrogen) atoms. The number of ether oxygens (including phenoxy) is 2. The van der Waals surface area contributed by atoms with Crippen LogP contribution in [0.25, 0.3) is 0 Å². The van der Waals surface area contributed by atoms with Gasteiger partial charge in [0.2, 0.25) is 0 Å². The van der Waals surface area contributed by atoms with E-state index in [4.69, 9.17) is 9.47 Å². The van der Waals surface area contributed by atoms with Crippen LogP contribution in [0.3, 0.4) is 0 Å². The Kier molecular flexibility index (Phi) is 5.65. The van der Waals surface area contributed by atoms with Crippen LogP contribution in [-0.4, -0.2) is 45.2 Å². The van der Waals surface area contributed by atoms with Crippen molar-refractivity contribution < 1.29 is 14.3 Å². The van der Waals surface area contributed by atoms with Gasteiger partial charge in [-0.05, 0) is 38.7 Å². The van der Waals surface area contributed by atoms with Crippen molar-refractivity contribution in [3.63, 3.8) is 0 Å². The van der Waals surface area contributed by atoms with E-state index in [0.29, 0.717) is 13.2 Å². The quantitative estimate of drug-likeness (QED) is 0.724. The molecule has 1 aromatic rings. The zero-order chi connectivity index (χ0) is 13.5. The van der Waals surface area contributed by atoms with E-state index in [2.05, 4.69) is 0 Å². The van der Waals surface area contributed by atoms with Crippen molar-refractivity contribution in [1.82, 2.24) is 4.90 Å². The van der Waals surface area contributed by atoms with Gasteiger partial charge in [-0.1, -0.05) is 12.1 Å². The second-order valence-corrected chi connectivity index (χ2v) is 4.34. The van der Waals surface area contributed by atoms with Crippen molar-refractivity contribution >= 4 is 5.97 Å². The molecule has 0 saturated heterocycles. The van der Waals surface area contributed by atoms with Gasteiger partial charge in [0.25, 0.3) is 0 Å². The molecule has 1 aromatic carbocycles. The molecule has 0 heterocycles. The minimum atomic E-state index is -0.258. The molecule has 0 aromatic heterocycles. The van der Waals surface area contributed by atoms with Gasteiger partial charge in [0.1, 0.15) is 5.75 Å². The predicted octanol–water partition coefficient (Wildman–Crippen LogP) is 1.90. The summed E-state index contributed by atoms with van der Waals surface area (Å²) < 4.78 is 10.2. The summed E-state index contributed by atoms with van der Waals surface area (Å²) in [6.07, 6.45) is 0. The Balaban J connectivity index is 2.89. The number of rotatable bonds is 6. The number of nitrogens with zero attached hydrogens (tertiary/aromatic N) is 1. The van der Waals surface area contributed by atoms with Crippen LogP contribution in [0.4, 0.5) is 0 Å². The summed E-state index contributed by atoms with van der Waals surface area (Å²) in [6.45, 7) is 2.85. The van der Waals surface area contributed by atoms with Gasteiger partial charge in [-0.15, -0.1) is 0 Å². The number of methoxy groups -OCH3 is 1. The van der Waals surface area contributed by atoms with E-state index in [1.165, 1.54) is 0 Å². The van der Waals surface area contributed by atoms with Gasteiger partial charge in [0.15, 0.2) is 0 Å². The number of carbonyl (C=O) groups excluding carboxylic acids is 1. The molecule has 1 rings (SSSR count). The number of hydrogen-bond donors (Lipinski definition) is 0. The Hall–Kier alpha value is -1.55. The minimum Gasteiger partial charge on any atom is -0.497 e. The van der Waals surface area contributed by atoms with E-state index in [0.717, 1.165) is 11.3 Å². The zero-order valence-electron chi connectivity index (χ0n) is 11.5. The van der Waals surface area contributed by atoms with Crippen molar-refractivity contribution in [1.29, 1.82) is 0 Å². The van der Waals surface area contributed by atoms with Gasteiger partial charge in [0.05, 0.1) is 19.6 Å². The second kappa shape index (κ2) is 7.01. The first-order valence-electron chi connectivity index (χ1n) is 6.03. The summed E-state index contributed by atoms with van der Waals surface area (Å²) in [5, 5.41) is 0. The van der Waals surface area contributed by atoms with Crippen LogP contribution in [0.2, 0.25) is 0 Å². The predicted molar refractivity (Wildman–Crippen MR) is 70.9 cm³/mol. The Morgan fingerprint density at radius 2 is 1.89 bits per heavy atom. The molecule has 4 heteroatoms. The fourth-order valence-electron chi connectivity index (χ4n) is 1.76. The highest BCUT2D eigenvalue weighted by Gasteiger charge is 2.22. The second-order valence-electron chi connectivity index (χ2n) is 4.34. The first-order valence-corrected chi connectivity index (χ1v) is 6.03. The van der Waals surface area contributed by atoms with Crippen molar-refractivity contribution in [3.05, 3.63) is 29.8 Å². The van der Waals surface area contributed by atoms with Crippen LogP contribution < -0.4 is 4.74 Å². The molecule has 0 aliphatic carbocycles. The van der Waals surface area contributed by atoms with E-state index < -0.39 is 0 Å². The first kappa shape index (κ1) is 14.5. The van der Waals surface area contributed by atoms with Crippen LogP contribution in [0.1, 0.15) is 18.4 Å². The number of hydrogen-bond acceptors (Lipinski definition) is 4. The lowest BCUT2D eigenvalue weighted by Crippen LogP contribution is -2.27. The lowest BCUT2D eigenvalue weighted by Gasteiger charge is -2.20. The third-order valence-corrected chi connectivity index (χ3v) is 2.64. The van der Waals surface area contributed by atoms with E-state index >= 15 is 0 Å². The third kappa shape index (κ3) is 4.04. The summed E-state index contributed by atoms with van der Waals surface area (Å²) >= 11 is 0. The van der Waals surface area contributed by atoms with Crippen LogP contribution in [-0.2, 0) is 9.53 Å². The molecule has 0 fully saturated rings. The molecule has 0 N–H and O–H groups in total. The molecule has 0 aliphatic rings. The molecular weight excluding hydrogens is 230 g/mol. The van der Waals surface area contributed by atoms with Crippen molar-refractivity contribution in [2.45, 2.75) is 12.8 Å². The molecule has 1 atom stereocenters. The molecule has 1 unspecified atom stereocenters. The highest BCUT2D eigenvalue weighted by atomic mass is 16.5. The number of likely N-dealkylation sites (N-methyl/N-ethyl adjacent to an activating group) is 1. The molecule has 100 valence electrons. The van der Waals surface area contributed by atoms with E-state index in [1.54, 1.807) is 7.11 Å². The standard InChI is InChI=1S/C14H21NO3/c1-5-18-14(16)13(10-15(2)3)11-6-8-12(17-4)9-7-11/h6-9,13H,5,10H2,1-4H3. The van der Waals surface area contributed by atoms with E-state index in [9.17, 15) is 4.79 Å². The van der Waals surface area contributed by atoms with Crippen LogP contribution in [0, 0.1) is 0 Å². The molecule has 0 bridgehead atoms. The van der Waals surface area contributed by atoms with Gasteiger partial charge in [-0.25, -0.2) is 0 Å². The Labute approximate surface area is 108 Å². The van der Waals surface area contributed by atoms with E-state index in [1.807, 2.05) is 50.2 Å². The maximum Gasteiger partial charge on any atom is 0.314 e. The van der Waals surface area contributed by atoms with Crippen molar-refractivity contribution in [3.8, 4) is 5.75 Å². The molecular formula is C14H21NO3. The van der Waals surface area contributed by atoms with Gasteiger partial charge >= 0.3 is 5.97 Å². The van der Waals surface area contributed by atoms with Gasteiger partial charge < -0.3 is 14.4 Å². The molecule has 0 amide bonds. The van der Waals surface area contributed by atoms with Crippen LogP contribution in [0.15, 0.2) is 24.3 Å². The highest BCUT2D eigenvalue weighted by molar-refractivity contribution is 5.78. The molecule has 0 saturated carbocycles. The number of esters is 1. The monoisotopic (exact) mass is 251 g/mol. The minimum absolute atomic E-state index is 0.184. The van der Waals surface area contributed by atoms with Gasteiger partial charge in [0, 0.05) is 6.54 Å². The summed E-state index contributed by atoms with van der Waals surface area (Å²) in [7, 11) is 5.50. The Bertz CT molecular complexity index is 373. The normalized spacial score (nSPS) is 12.3. The first-order chi connectivity index (χ1) is 8.58. The Morgan fingerprint density at radius 1 is 1.28 bits per heavy atom. The van der Waals surface area contributed by atoms with Crippen LogP contribution >= 0.6 is 0 Å². The fourth-order valence-corrected chi connectivity index (χ4v) is 1.76. The molecule has 0 aliphatic heterocycles. The zero-order valence-corrected chi connectivity index (χ0v) is 11.5. The average Bonchev–Trinajstić information content (AvgIpc) is 2.36. The third-order valence-electron chi connectivity index (χ3n) is 2.64. The van der Waals surface area contributed by atoms with Crippen LogP contribution in [0.5, 0.6) is 5.75 Å². The highest BCUT2D eigenvalue weighted by Crippen LogP contribution is 2.21. The summed E-state index contributed by atoms with van der Waals surface area (Å²) in [6, 6.07) is 7.53. The van der Waals surface area contributed by atoms with Crippen molar-refractivity contribution in [2.24, 2.45) is 0 Å². The average molecular weight is 251 g/mol. The molecule has 0 spiro atoms. The smallest absolute Gasteiger partial charge is 0.314 e. The topological polar surface area (TPSA) is 38.8 Å². The maximum atomic E-state index is 12.0. The number of benzene rings is 1. The number of carbonyl (C=O) groups is 1. The van der Waals surface area contributed by atoms with E-state index in [-0.39, 0.29) is 11.9 Å². The Morgan fingerprint density at radius 3 is 2.33 bits per heavy atom. The summed E-state index contributed by atoms with van der Waals surface area (Å²) in [4.78, 5) is 13.9. The lowest BCUT2D eigenvalue weighted by atomic mass is 9.98. The molecule has 0 radical (unpaired) electrons. The molecule has 4 nitrogen and oxygen atoms in total. The summed E-state index contributed by atoms with van der Waals surface area (Å²) in [5.41, 5.74) is 0.947. The largest absolute Gasteiger partial charge is 0.497 e. The lowest BCUT2D eigenvalue weighted by molar-refractivity contribution is -0.145. The fraction of sp³-hybridized carbons (Fsp3) is 0.500. The SMILES string of the molecule is CCOC(=O)C(CN(C)C)c1ccc(OC)cc1. The van der Waals surface area contributed by atoms with Gasteiger partial charge in [-0.3, -0.25) is 4.79 Å². The van der Waals surface area contributed by atoms with Gasteiger partial charge in [-0.2, -0.15) is 0 Å².